The van der Waals surface area contributed by atoms with E-state index in [4.69, 9.17) is 10.8 Å². The summed E-state index contributed by atoms with van der Waals surface area (Å²) in [5.41, 5.74) is 5.20. The molecule has 100 valence electrons. The van der Waals surface area contributed by atoms with Gasteiger partial charge in [-0.2, -0.15) is 0 Å². The number of carboxylic acids is 1. The largest absolute Gasteiger partial charge is 0.481 e. The second-order valence-electron chi connectivity index (χ2n) is 4.90. The van der Waals surface area contributed by atoms with Gasteiger partial charge >= 0.3 is 12.0 Å². The fourth-order valence-electron chi connectivity index (χ4n) is 2.45. The normalized spacial score (nSPS) is 24.6. The second-order valence-corrected chi connectivity index (χ2v) is 4.90. The topological polar surface area (TPSA) is 104 Å². The van der Waals surface area contributed by atoms with E-state index < -0.39 is 17.9 Å². The molecule has 0 aromatic carbocycles. The van der Waals surface area contributed by atoms with Crippen LogP contribution in [0.1, 0.15) is 12.8 Å². The maximum absolute atomic E-state index is 12.1. The third kappa shape index (κ3) is 2.39. The van der Waals surface area contributed by atoms with Crippen molar-refractivity contribution in [3.63, 3.8) is 0 Å². The van der Waals surface area contributed by atoms with Gasteiger partial charge in [-0.05, 0) is 12.8 Å². The molecule has 2 fully saturated rings. The quantitative estimate of drug-likeness (QED) is 0.682. The number of urea groups is 1. The molecule has 0 saturated carbocycles. The van der Waals surface area contributed by atoms with Crippen LogP contribution in [0.4, 0.5) is 4.79 Å². The molecule has 0 aliphatic carbocycles. The van der Waals surface area contributed by atoms with E-state index >= 15 is 0 Å². The van der Waals surface area contributed by atoms with Crippen molar-refractivity contribution in [1.29, 1.82) is 0 Å². The number of piperidine rings is 1. The lowest BCUT2D eigenvalue weighted by molar-refractivity contribution is -0.155. The lowest BCUT2D eigenvalue weighted by atomic mass is 9.92. The Labute approximate surface area is 105 Å². The summed E-state index contributed by atoms with van der Waals surface area (Å²) in [4.78, 5) is 36.8. The Kier molecular flexibility index (Phi) is 3.40. The van der Waals surface area contributed by atoms with E-state index in [1.807, 2.05) is 0 Å². The molecule has 0 radical (unpaired) electrons. The van der Waals surface area contributed by atoms with Gasteiger partial charge in [0, 0.05) is 26.2 Å². The SMILES string of the molecule is NC(=O)N1CCCC(C(=O)N2CC(C(=O)O)C2)C1. The molecule has 0 aromatic heterocycles. The van der Waals surface area contributed by atoms with E-state index in [1.165, 1.54) is 4.90 Å². The van der Waals surface area contributed by atoms with Crippen LogP contribution in [0.5, 0.6) is 0 Å². The average Bonchev–Trinajstić information content (AvgIpc) is 2.26. The summed E-state index contributed by atoms with van der Waals surface area (Å²) in [6.45, 7) is 1.50. The first-order valence-electron chi connectivity index (χ1n) is 6.05. The molecule has 3 N–H and O–H groups in total. The summed E-state index contributed by atoms with van der Waals surface area (Å²) < 4.78 is 0. The number of carboxylic acid groups (broad SMARTS) is 1. The fraction of sp³-hybridized carbons (Fsp3) is 0.727. The minimum absolute atomic E-state index is 0.0570. The number of nitrogens with zero attached hydrogens (tertiary/aromatic N) is 2. The molecule has 0 aromatic rings. The Balaban J connectivity index is 1.86. The number of primary amides is 1. The number of rotatable bonds is 2. The summed E-state index contributed by atoms with van der Waals surface area (Å²) in [6.07, 6.45) is 1.49. The van der Waals surface area contributed by atoms with Crippen LogP contribution in [0.15, 0.2) is 0 Å². The molecule has 0 bridgehead atoms. The molecule has 18 heavy (non-hydrogen) atoms. The van der Waals surface area contributed by atoms with Gasteiger partial charge in [-0.25, -0.2) is 4.79 Å². The highest BCUT2D eigenvalue weighted by molar-refractivity contribution is 5.83. The Hall–Kier alpha value is -1.79. The van der Waals surface area contributed by atoms with Crippen LogP contribution in [0.3, 0.4) is 0 Å². The van der Waals surface area contributed by atoms with Crippen molar-refractivity contribution in [3.8, 4) is 0 Å². The third-order valence-electron chi connectivity index (χ3n) is 3.62. The number of carbonyl (C=O) groups is 3. The maximum Gasteiger partial charge on any atom is 0.314 e. The molecule has 2 rings (SSSR count). The highest BCUT2D eigenvalue weighted by atomic mass is 16.4. The molecular weight excluding hydrogens is 238 g/mol. The van der Waals surface area contributed by atoms with E-state index in [0.29, 0.717) is 13.1 Å². The van der Waals surface area contributed by atoms with Gasteiger partial charge in [-0.3, -0.25) is 9.59 Å². The van der Waals surface area contributed by atoms with Crippen LogP contribution >= 0.6 is 0 Å². The average molecular weight is 255 g/mol. The molecule has 2 aliphatic rings. The van der Waals surface area contributed by atoms with Crippen LogP contribution in [0.25, 0.3) is 0 Å². The van der Waals surface area contributed by atoms with Crippen molar-refractivity contribution in [3.05, 3.63) is 0 Å². The Bertz CT molecular complexity index is 378. The molecule has 7 nitrogen and oxygen atoms in total. The summed E-state index contributed by atoms with van der Waals surface area (Å²) in [5, 5.41) is 8.75. The molecule has 2 heterocycles. The van der Waals surface area contributed by atoms with Crippen LogP contribution in [-0.2, 0) is 9.59 Å². The van der Waals surface area contributed by atoms with Gasteiger partial charge in [-0.15, -0.1) is 0 Å². The second kappa shape index (κ2) is 4.83. The van der Waals surface area contributed by atoms with Crippen molar-refractivity contribution < 1.29 is 19.5 Å². The highest BCUT2D eigenvalue weighted by Gasteiger charge is 2.39. The standard InChI is InChI=1S/C11H17N3O4/c12-11(18)13-3-1-2-7(4-13)9(15)14-5-8(6-14)10(16)17/h7-8H,1-6H2,(H2,12,18)(H,16,17). The van der Waals surface area contributed by atoms with Gasteiger partial charge in [0.15, 0.2) is 0 Å². The number of likely N-dealkylation sites (tertiary alicyclic amines) is 2. The summed E-state index contributed by atoms with van der Waals surface area (Å²) in [7, 11) is 0. The highest BCUT2D eigenvalue weighted by Crippen LogP contribution is 2.23. The molecule has 1 atom stereocenters. The van der Waals surface area contributed by atoms with Crippen molar-refractivity contribution in [2.24, 2.45) is 17.6 Å². The molecule has 2 aliphatic heterocycles. The van der Waals surface area contributed by atoms with Crippen LogP contribution in [-0.4, -0.2) is 59.0 Å². The van der Waals surface area contributed by atoms with Crippen LogP contribution in [0.2, 0.25) is 0 Å². The first-order valence-corrected chi connectivity index (χ1v) is 6.05. The van der Waals surface area contributed by atoms with Gasteiger partial charge in [0.2, 0.25) is 5.91 Å². The summed E-state index contributed by atoms with van der Waals surface area (Å²) in [5.74, 6) is -1.59. The molecule has 2 saturated heterocycles. The first kappa shape index (κ1) is 12.7. The number of hydrogen-bond donors (Lipinski definition) is 2. The number of hydrogen-bond acceptors (Lipinski definition) is 3. The Morgan fingerprint density at radius 2 is 1.67 bits per heavy atom. The number of carbonyl (C=O) groups excluding carboxylic acids is 2. The van der Waals surface area contributed by atoms with Crippen molar-refractivity contribution in [1.82, 2.24) is 9.80 Å². The predicted molar refractivity (Wildman–Crippen MR) is 61.6 cm³/mol. The van der Waals surface area contributed by atoms with E-state index in [9.17, 15) is 14.4 Å². The molecule has 1 unspecified atom stereocenters. The number of amides is 3. The van der Waals surface area contributed by atoms with Gasteiger partial charge < -0.3 is 20.6 Å². The first-order chi connectivity index (χ1) is 8.49. The molecule has 0 spiro atoms. The third-order valence-corrected chi connectivity index (χ3v) is 3.62. The van der Waals surface area contributed by atoms with Crippen molar-refractivity contribution >= 4 is 17.9 Å². The van der Waals surface area contributed by atoms with Crippen molar-refractivity contribution in [2.75, 3.05) is 26.2 Å². The predicted octanol–water partition coefficient (Wildman–Crippen LogP) is -0.680. The monoisotopic (exact) mass is 255 g/mol. The lowest BCUT2D eigenvalue weighted by Crippen LogP contribution is -2.57. The summed E-state index contributed by atoms with van der Waals surface area (Å²) >= 11 is 0. The van der Waals surface area contributed by atoms with E-state index in [1.54, 1.807) is 4.90 Å². The zero-order valence-corrected chi connectivity index (χ0v) is 10.0. The molecular formula is C11H17N3O4. The Morgan fingerprint density at radius 1 is 1.06 bits per heavy atom. The van der Waals surface area contributed by atoms with Crippen molar-refractivity contribution in [2.45, 2.75) is 12.8 Å². The van der Waals surface area contributed by atoms with Gasteiger partial charge in [0.25, 0.3) is 0 Å². The number of aliphatic carboxylic acids is 1. The maximum atomic E-state index is 12.1. The van der Waals surface area contributed by atoms with Gasteiger partial charge in [-0.1, -0.05) is 0 Å². The zero-order chi connectivity index (χ0) is 13.3. The van der Waals surface area contributed by atoms with Gasteiger partial charge in [0.1, 0.15) is 0 Å². The van der Waals surface area contributed by atoms with Crippen LogP contribution in [0, 0.1) is 11.8 Å². The zero-order valence-electron chi connectivity index (χ0n) is 10.0. The number of nitrogens with two attached hydrogens (primary N) is 1. The lowest BCUT2D eigenvalue weighted by Gasteiger charge is -2.40. The van der Waals surface area contributed by atoms with Crippen LogP contribution < -0.4 is 5.73 Å². The fourth-order valence-corrected chi connectivity index (χ4v) is 2.45. The van der Waals surface area contributed by atoms with Gasteiger partial charge in [0.05, 0.1) is 11.8 Å². The molecule has 7 heteroatoms. The van der Waals surface area contributed by atoms with E-state index in [-0.39, 0.29) is 24.9 Å². The molecule has 3 amide bonds. The minimum Gasteiger partial charge on any atom is -0.481 e. The van der Waals surface area contributed by atoms with E-state index in [2.05, 4.69) is 0 Å². The smallest absolute Gasteiger partial charge is 0.314 e. The minimum atomic E-state index is -0.860. The summed E-state index contributed by atoms with van der Waals surface area (Å²) in [6, 6.07) is -0.500. The van der Waals surface area contributed by atoms with E-state index in [0.717, 1.165) is 12.8 Å². The Morgan fingerprint density at radius 3 is 2.22 bits per heavy atom.